The third-order valence-corrected chi connectivity index (χ3v) is 9.38. The van der Waals surface area contributed by atoms with Gasteiger partial charge in [-0.2, -0.15) is 13.2 Å². The molecule has 0 saturated carbocycles. The lowest BCUT2D eigenvalue weighted by molar-refractivity contribution is -0.137. The number of aromatic nitrogens is 1. The van der Waals surface area contributed by atoms with Gasteiger partial charge in [0.2, 0.25) is 11.8 Å². The average Bonchev–Trinajstić information content (AvgIpc) is 3.41. The van der Waals surface area contributed by atoms with Crippen LogP contribution in [0.1, 0.15) is 33.0 Å². The summed E-state index contributed by atoms with van der Waals surface area (Å²) in [6, 6.07) is 19.3. The van der Waals surface area contributed by atoms with Crippen molar-refractivity contribution in [1.29, 1.82) is 0 Å². The van der Waals surface area contributed by atoms with Crippen molar-refractivity contribution in [3.8, 4) is 5.75 Å². The van der Waals surface area contributed by atoms with E-state index in [0.717, 1.165) is 51.3 Å². The number of nitrogens with one attached hydrogen (secondary N) is 1. The van der Waals surface area contributed by atoms with Crippen LogP contribution in [0.25, 0.3) is 0 Å². The van der Waals surface area contributed by atoms with Crippen molar-refractivity contribution in [2.24, 2.45) is 5.92 Å². The van der Waals surface area contributed by atoms with Crippen LogP contribution in [-0.4, -0.2) is 22.0 Å². The van der Waals surface area contributed by atoms with Gasteiger partial charge in [0, 0.05) is 10.8 Å². The average molecular weight is 583 g/mol. The minimum absolute atomic E-state index is 0.129. The molecule has 204 valence electrons. The first-order chi connectivity index (χ1) is 19.1. The minimum Gasteiger partial charge on any atom is -0.489 e. The molecule has 4 aromatic rings. The highest BCUT2D eigenvalue weighted by Gasteiger charge is 2.56. The monoisotopic (exact) mass is 582 g/mol. The number of imide groups is 1. The Kier molecular flexibility index (Phi) is 6.58. The SMILES string of the molecule is Cc1cccc(COc2ccc(C3c4sc(=O)[nH]c4SC4C(=O)N(c5cccc(C(F)(F)F)c5)C(=O)C43)cc2)c1. The number of aromatic amines is 1. The Balaban J connectivity index is 1.33. The first kappa shape index (κ1) is 26.4. The summed E-state index contributed by atoms with van der Waals surface area (Å²) in [5.41, 5.74) is 1.76. The van der Waals surface area contributed by atoms with E-state index in [0.29, 0.717) is 27.8 Å². The van der Waals surface area contributed by atoms with Gasteiger partial charge < -0.3 is 9.72 Å². The molecule has 2 amide bonds. The van der Waals surface area contributed by atoms with Gasteiger partial charge in [0.1, 0.15) is 17.6 Å². The number of thioether (sulfide) groups is 1. The second kappa shape index (κ2) is 9.97. The Bertz CT molecular complexity index is 1680. The van der Waals surface area contributed by atoms with Crippen LogP contribution in [-0.2, 0) is 22.4 Å². The number of aryl methyl sites for hydroxylation is 1. The molecule has 2 aliphatic rings. The summed E-state index contributed by atoms with van der Waals surface area (Å²) in [4.78, 5) is 43.5. The van der Waals surface area contributed by atoms with E-state index in [-0.39, 0.29) is 10.6 Å². The second-order valence-electron chi connectivity index (χ2n) is 9.66. The summed E-state index contributed by atoms with van der Waals surface area (Å²) in [7, 11) is 0. The number of alkyl halides is 3. The molecular formula is C29H21F3N2O4S2. The van der Waals surface area contributed by atoms with E-state index < -0.39 is 40.6 Å². The number of thiazole rings is 1. The van der Waals surface area contributed by atoms with Crippen LogP contribution in [0, 0.1) is 12.8 Å². The highest BCUT2D eigenvalue weighted by molar-refractivity contribution is 8.00. The van der Waals surface area contributed by atoms with E-state index in [9.17, 15) is 27.6 Å². The third kappa shape index (κ3) is 4.73. The molecule has 0 aliphatic carbocycles. The number of benzene rings is 3. The molecule has 2 aliphatic heterocycles. The molecule has 0 bridgehead atoms. The van der Waals surface area contributed by atoms with Gasteiger partial charge in [-0.3, -0.25) is 14.4 Å². The Morgan fingerprint density at radius 3 is 2.42 bits per heavy atom. The van der Waals surface area contributed by atoms with Crippen molar-refractivity contribution < 1.29 is 27.5 Å². The first-order valence-corrected chi connectivity index (χ1v) is 14.0. The molecule has 3 heterocycles. The van der Waals surface area contributed by atoms with Crippen LogP contribution in [0.4, 0.5) is 18.9 Å². The van der Waals surface area contributed by atoms with Gasteiger partial charge in [-0.05, 0) is 48.4 Å². The standard InChI is InChI=1S/C29H21F3N2O4S2/c1-15-4-2-5-16(12-15)14-38-20-10-8-17(9-11-20)21-22-24(39-25-23(21)40-28(37)33-25)27(36)34(26(22)35)19-7-3-6-18(13-19)29(30,31)32/h2-13,21-22,24H,14H2,1H3,(H,33,37). The molecule has 3 atom stereocenters. The number of hydrogen-bond acceptors (Lipinski definition) is 6. The molecular weight excluding hydrogens is 561 g/mol. The fourth-order valence-corrected chi connectivity index (χ4v) is 7.71. The zero-order valence-electron chi connectivity index (χ0n) is 20.9. The minimum atomic E-state index is -4.63. The van der Waals surface area contributed by atoms with Crippen LogP contribution in [0.5, 0.6) is 5.75 Å². The number of nitrogens with zero attached hydrogens (tertiary/aromatic N) is 1. The lowest BCUT2D eigenvalue weighted by Gasteiger charge is -2.29. The summed E-state index contributed by atoms with van der Waals surface area (Å²) in [6.45, 7) is 2.37. The Hall–Kier alpha value is -3.83. The summed E-state index contributed by atoms with van der Waals surface area (Å²) < 4.78 is 46.0. The number of hydrogen-bond donors (Lipinski definition) is 1. The molecule has 6 nitrogen and oxygen atoms in total. The van der Waals surface area contributed by atoms with Gasteiger partial charge in [-0.15, -0.1) is 0 Å². The number of amides is 2. The van der Waals surface area contributed by atoms with Crippen molar-refractivity contribution in [2.45, 2.75) is 35.9 Å². The Morgan fingerprint density at radius 1 is 0.950 bits per heavy atom. The van der Waals surface area contributed by atoms with Gasteiger partial charge in [0.25, 0.3) is 0 Å². The molecule has 0 spiro atoms. The van der Waals surface area contributed by atoms with E-state index >= 15 is 0 Å². The van der Waals surface area contributed by atoms with E-state index in [4.69, 9.17) is 4.74 Å². The molecule has 1 saturated heterocycles. The fourth-order valence-electron chi connectivity index (χ4n) is 5.19. The highest BCUT2D eigenvalue weighted by Crippen LogP contribution is 2.53. The van der Waals surface area contributed by atoms with E-state index in [1.807, 2.05) is 31.2 Å². The molecule has 3 aromatic carbocycles. The zero-order valence-corrected chi connectivity index (χ0v) is 22.5. The molecule has 0 radical (unpaired) electrons. The molecule has 40 heavy (non-hydrogen) atoms. The molecule has 11 heteroatoms. The number of anilines is 1. The Morgan fingerprint density at radius 2 is 1.70 bits per heavy atom. The normalized spacial score (nSPS) is 20.4. The maximum absolute atomic E-state index is 13.8. The maximum Gasteiger partial charge on any atom is 0.416 e. The van der Waals surface area contributed by atoms with Gasteiger partial charge in [0.05, 0.1) is 22.2 Å². The van der Waals surface area contributed by atoms with Crippen LogP contribution >= 0.6 is 23.1 Å². The smallest absolute Gasteiger partial charge is 0.416 e. The van der Waals surface area contributed by atoms with E-state index in [1.165, 1.54) is 12.1 Å². The molecule has 1 N–H and O–H groups in total. The van der Waals surface area contributed by atoms with Crippen LogP contribution in [0.2, 0.25) is 0 Å². The van der Waals surface area contributed by atoms with E-state index in [2.05, 4.69) is 4.98 Å². The third-order valence-electron chi connectivity index (χ3n) is 6.98. The van der Waals surface area contributed by atoms with Gasteiger partial charge in [-0.25, -0.2) is 4.90 Å². The number of carbonyl (C=O) groups is 2. The van der Waals surface area contributed by atoms with Crippen LogP contribution in [0.3, 0.4) is 0 Å². The number of ether oxygens (including phenoxy) is 1. The molecule has 6 rings (SSSR count). The van der Waals surface area contributed by atoms with Crippen molar-refractivity contribution in [2.75, 3.05) is 4.90 Å². The Labute approximate surface area is 234 Å². The summed E-state index contributed by atoms with van der Waals surface area (Å²) in [6.07, 6.45) is -4.63. The van der Waals surface area contributed by atoms with Crippen molar-refractivity contribution >= 4 is 40.6 Å². The first-order valence-electron chi connectivity index (χ1n) is 12.3. The number of carbonyl (C=O) groups excluding carboxylic acids is 2. The number of H-pyrrole nitrogens is 1. The van der Waals surface area contributed by atoms with Crippen LogP contribution < -0.4 is 14.5 Å². The largest absolute Gasteiger partial charge is 0.489 e. The highest BCUT2D eigenvalue weighted by atomic mass is 32.2. The predicted molar refractivity (Wildman–Crippen MR) is 146 cm³/mol. The summed E-state index contributed by atoms with van der Waals surface area (Å²) in [5, 5.41) is -0.407. The van der Waals surface area contributed by atoms with Gasteiger partial charge >= 0.3 is 11.0 Å². The number of fused-ring (bicyclic) bond motifs is 2. The quantitative estimate of drug-likeness (QED) is 0.286. The number of rotatable bonds is 5. The molecule has 1 aromatic heterocycles. The summed E-state index contributed by atoms with van der Waals surface area (Å²) >= 11 is 2.04. The lowest BCUT2D eigenvalue weighted by atomic mass is 9.83. The lowest BCUT2D eigenvalue weighted by Crippen LogP contribution is -2.32. The maximum atomic E-state index is 13.8. The topological polar surface area (TPSA) is 79.5 Å². The van der Waals surface area contributed by atoms with Crippen molar-refractivity contribution in [3.63, 3.8) is 0 Å². The second-order valence-corrected chi connectivity index (χ2v) is 11.8. The number of halogens is 3. The summed E-state index contributed by atoms with van der Waals surface area (Å²) in [5.74, 6) is -2.14. The fraction of sp³-hybridized carbons (Fsp3) is 0.207. The molecule has 3 unspecified atom stereocenters. The van der Waals surface area contributed by atoms with Crippen LogP contribution in [0.15, 0.2) is 82.6 Å². The molecule has 1 fully saturated rings. The zero-order chi connectivity index (χ0) is 28.2. The van der Waals surface area contributed by atoms with Gasteiger partial charge in [-0.1, -0.05) is 71.1 Å². The predicted octanol–water partition coefficient (Wildman–Crippen LogP) is 6.14. The van der Waals surface area contributed by atoms with E-state index in [1.54, 1.807) is 24.3 Å². The van der Waals surface area contributed by atoms with Crippen molar-refractivity contribution in [1.82, 2.24) is 4.98 Å². The van der Waals surface area contributed by atoms with Gasteiger partial charge in [0.15, 0.2) is 0 Å². The van der Waals surface area contributed by atoms with Crippen molar-refractivity contribution in [3.05, 3.63) is 110 Å².